The fraction of sp³-hybridized carbons (Fsp3) is 0.500. The molecule has 4 N–H and O–H groups in total. The van der Waals surface area contributed by atoms with Crippen LogP contribution in [-0.2, 0) is 11.2 Å². The maximum atomic E-state index is 13.2. The lowest BCUT2D eigenvalue weighted by atomic mass is 9.89. The van der Waals surface area contributed by atoms with Crippen molar-refractivity contribution in [3.8, 4) is 0 Å². The Labute approximate surface area is 185 Å². The summed E-state index contributed by atoms with van der Waals surface area (Å²) in [7, 11) is 0. The summed E-state index contributed by atoms with van der Waals surface area (Å²) in [6.45, 7) is 1.60. The summed E-state index contributed by atoms with van der Waals surface area (Å²) in [5, 5.41) is 40.8. The van der Waals surface area contributed by atoms with Crippen molar-refractivity contribution in [2.24, 2.45) is 0 Å². The number of hydrogen-bond acceptors (Lipinski definition) is 6. The average molecular weight is 449 g/mol. The van der Waals surface area contributed by atoms with E-state index in [-0.39, 0.29) is 5.82 Å². The Hall–Kier alpha value is -1.48. The van der Waals surface area contributed by atoms with Crippen LogP contribution >= 0.6 is 11.8 Å². The Balaban J connectivity index is 1.48. The van der Waals surface area contributed by atoms with Gasteiger partial charge in [-0.2, -0.15) is 11.8 Å². The molecule has 0 radical (unpaired) electrons. The van der Waals surface area contributed by atoms with Crippen LogP contribution in [0, 0.1) is 12.7 Å². The van der Waals surface area contributed by atoms with E-state index in [1.807, 2.05) is 49.0 Å². The fourth-order valence-corrected chi connectivity index (χ4v) is 6.09. The van der Waals surface area contributed by atoms with Crippen molar-refractivity contribution < 1.29 is 29.6 Å². The van der Waals surface area contributed by atoms with Gasteiger partial charge in [-0.25, -0.2) is 4.39 Å². The zero-order valence-electron chi connectivity index (χ0n) is 17.4. The van der Waals surface area contributed by atoms with Crippen molar-refractivity contribution in [2.75, 3.05) is 6.61 Å². The first-order valence-corrected chi connectivity index (χ1v) is 11.6. The lowest BCUT2D eigenvalue weighted by Crippen LogP contribution is -2.55. The largest absolute Gasteiger partial charge is 0.394 e. The number of thioether (sulfide) groups is 1. The van der Waals surface area contributed by atoms with Crippen LogP contribution in [0.5, 0.6) is 0 Å². The van der Waals surface area contributed by atoms with Crippen LogP contribution in [0.2, 0.25) is 0 Å². The Morgan fingerprint density at radius 3 is 2.39 bits per heavy atom. The highest BCUT2D eigenvalue weighted by molar-refractivity contribution is 8.00. The Morgan fingerprint density at radius 1 is 0.968 bits per heavy atom. The van der Waals surface area contributed by atoms with Crippen molar-refractivity contribution in [2.45, 2.75) is 67.2 Å². The molecule has 2 aliphatic heterocycles. The molecular weight excluding hydrogens is 419 g/mol. The molecule has 0 aromatic heterocycles. The van der Waals surface area contributed by atoms with Gasteiger partial charge in [0.25, 0.3) is 0 Å². The van der Waals surface area contributed by atoms with Crippen molar-refractivity contribution in [1.29, 1.82) is 0 Å². The van der Waals surface area contributed by atoms with Gasteiger partial charge in [-0.15, -0.1) is 0 Å². The predicted molar refractivity (Wildman–Crippen MR) is 117 cm³/mol. The third kappa shape index (κ3) is 4.82. The highest BCUT2D eigenvalue weighted by Crippen LogP contribution is 2.46. The summed E-state index contributed by atoms with van der Waals surface area (Å²) in [4.78, 5) is 0. The first-order chi connectivity index (χ1) is 14.9. The van der Waals surface area contributed by atoms with Gasteiger partial charge in [0.2, 0.25) is 0 Å². The standard InChI is InChI=1S/C24H29FO5S/c1-13-2-3-15(24-23(29)22(28)21(27)19(12-26)30-24)10-16(13)11-18-8-9-20(31-18)14-4-6-17(25)7-5-14/h2-7,10,18-24,26-29H,8-9,11-12H2,1H3/t18-,19-,20+,21-,22+,23-,24+/m1/s1. The summed E-state index contributed by atoms with van der Waals surface area (Å²) < 4.78 is 18.9. The van der Waals surface area contributed by atoms with Crippen LogP contribution in [0.4, 0.5) is 4.39 Å². The van der Waals surface area contributed by atoms with Gasteiger partial charge in [-0.3, -0.25) is 0 Å². The molecular formula is C24H29FO5S. The molecule has 0 bridgehead atoms. The molecule has 2 saturated heterocycles. The minimum Gasteiger partial charge on any atom is -0.394 e. The van der Waals surface area contributed by atoms with Gasteiger partial charge in [0.05, 0.1) is 6.61 Å². The van der Waals surface area contributed by atoms with E-state index in [1.165, 1.54) is 12.1 Å². The smallest absolute Gasteiger partial charge is 0.123 e. The highest BCUT2D eigenvalue weighted by Gasteiger charge is 2.44. The third-order valence-corrected chi connectivity index (χ3v) is 8.01. The van der Waals surface area contributed by atoms with Gasteiger partial charge in [-0.05, 0) is 60.6 Å². The lowest BCUT2D eigenvalue weighted by molar-refractivity contribution is -0.231. The number of benzene rings is 2. The molecule has 0 unspecified atom stereocenters. The number of rotatable bonds is 5. The maximum absolute atomic E-state index is 13.2. The number of aliphatic hydroxyl groups excluding tert-OH is 4. The van der Waals surface area contributed by atoms with E-state index in [9.17, 15) is 24.8 Å². The minimum atomic E-state index is -1.39. The van der Waals surface area contributed by atoms with Crippen LogP contribution < -0.4 is 0 Å². The van der Waals surface area contributed by atoms with E-state index in [4.69, 9.17) is 4.74 Å². The van der Waals surface area contributed by atoms with Gasteiger partial charge in [0.1, 0.15) is 36.3 Å². The summed E-state index contributed by atoms with van der Waals surface area (Å²) >= 11 is 1.91. The topological polar surface area (TPSA) is 90.2 Å². The molecule has 7 atom stereocenters. The Morgan fingerprint density at radius 2 is 1.68 bits per heavy atom. The summed E-state index contributed by atoms with van der Waals surface area (Å²) in [6, 6.07) is 12.6. The lowest BCUT2D eigenvalue weighted by Gasteiger charge is -2.40. The van der Waals surface area contributed by atoms with Crippen molar-refractivity contribution in [3.05, 3.63) is 70.5 Å². The first kappa shape index (κ1) is 22.7. The number of aryl methyl sites for hydroxylation is 1. The van der Waals surface area contributed by atoms with E-state index in [2.05, 4.69) is 0 Å². The van der Waals surface area contributed by atoms with Crippen molar-refractivity contribution in [3.63, 3.8) is 0 Å². The Kier molecular flexibility index (Phi) is 7.01. The SMILES string of the molecule is Cc1ccc([C@@H]2O[C@H](CO)[C@@H](O)[C@H](O)[C@H]2O)cc1C[C@H]1CC[C@@H](c2ccc(F)cc2)S1. The number of aliphatic hydroxyl groups is 4. The monoisotopic (exact) mass is 448 g/mol. The van der Waals surface area contributed by atoms with E-state index in [0.717, 1.165) is 41.5 Å². The van der Waals surface area contributed by atoms with Gasteiger partial charge in [0, 0.05) is 10.5 Å². The molecule has 2 fully saturated rings. The van der Waals surface area contributed by atoms with Crippen LogP contribution in [0.1, 0.15) is 46.4 Å². The molecule has 2 aliphatic rings. The van der Waals surface area contributed by atoms with Gasteiger partial charge >= 0.3 is 0 Å². The summed E-state index contributed by atoms with van der Waals surface area (Å²) in [5.74, 6) is -0.219. The van der Waals surface area contributed by atoms with Crippen LogP contribution in [0.3, 0.4) is 0 Å². The maximum Gasteiger partial charge on any atom is 0.123 e. The summed E-state index contributed by atoms with van der Waals surface area (Å²) in [5.41, 5.74) is 4.15. The van der Waals surface area contributed by atoms with Gasteiger partial charge < -0.3 is 25.2 Å². The van der Waals surface area contributed by atoms with Crippen LogP contribution in [0.15, 0.2) is 42.5 Å². The Bertz CT molecular complexity index is 890. The number of ether oxygens (including phenoxy) is 1. The van der Waals surface area contributed by atoms with Crippen molar-refractivity contribution in [1.82, 2.24) is 0 Å². The second-order valence-electron chi connectivity index (χ2n) is 8.52. The average Bonchev–Trinajstić information content (AvgIpc) is 3.23. The van der Waals surface area contributed by atoms with E-state index in [1.54, 1.807) is 0 Å². The van der Waals surface area contributed by atoms with Gasteiger partial charge in [0.15, 0.2) is 0 Å². The fourth-order valence-electron chi connectivity index (χ4n) is 4.49. The molecule has 5 nitrogen and oxygen atoms in total. The normalized spacial score (nSPS) is 33.5. The van der Waals surface area contributed by atoms with E-state index >= 15 is 0 Å². The predicted octanol–water partition coefficient (Wildman–Crippen LogP) is 2.83. The van der Waals surface area contributed by atoms with E-state index in [0.29, 0.717) is 10.5 Å². The van der Waals surface area contributed by atoms with Crippen LogP contribution in [0.25, 0.3) is 0 Å². The molecule has 7 heteroatoms. The molecule has 0 amide bonds. The van der Waals surface area contributed by atoms with Crippen LogP contribution in [-0.4, -0.2) is 56.7 Å². The zero-order chi connectivity index (χ0) is 22.1. The second kappa shape index (κ2) is 9.57. The molecule has 4 rings (SSSR count). The quantitative estimate of drug-likeness (QED) is 0.563. The number of halogens is 1. The molecule has 168 valence electrons. The minimum absolute atomic E-state index is 0.219. The first-order valence-electron chi connectivity index (χ1n) is 10.7. The molecule has 2 heterocycles. The zero-order valence-corrected chi connectivity index (χ0v) is 18.2. The molecule has 0 spiro atoms. The number of hydrogen-bond donors (Lipinski definition) is 4. The van der Waals surface area contributed by atoms with E-state index < -0.39 is 37.1 Å². The second-order valence-corrected chi connectivity index (χ2v) is 10.0. The third-order valence-electron chi connectivity index (χ3n) is 6.39. The summed E-state index contributed by atoms with van der Waals surface area (Å²) in [6.07, 6.45) is -2.80. The molecule has 31 heavy (non-hydrogen) atoms. The van der Waals surface area contributed by atoms with Crippen molar-refractivity contribution >= 4 is 11.8 Å². The molecule has 0 aliphatic carbocycles. The molecule has 0 saturated carbocycles. The highest BCUT2D eigenvalue weighted by atomic mass is 32.2. The molecule has 2 aromatic rings. The molecule has 2 aromatic carbocycles. The van der Waals surface area contributed by atoms with Gasteiger partial charge in [-0.1, -0.05) is 30.3 Å².